The molecule has 0 saturated carbocycles. The molecule has 2 atom stereocenters. The van der Waals surface area contributed by atoms with E-state index in [4.69, 9.17) is 0 Å². The van der Waals surface area contributed by atoms with Crippen LogP contribution in [-0.2, 0) is 6.54 Å². The molecule has 1 fully saturated rings. The first-order valence-electron chi connectivity index (χ1n) is 7.05. The van der Waals surface area contributed by atoms with Crippen LogP contribution in [0.15, 0.2) is 6.33 Å². The van der Waals surface area contributed by atoms with Crippen molar-refractivity contribution in [3.05, 3.63) is 6.33 Å². The van der Waals surface area contributed by atoms with Gasteiger partial charge >= 0.3 is 0 Å². The summed E-state index contributed by atoms with van der Waals surface area (Å²) >= 11 is 0. The highest BCUT2D eigenvalue weighted by molar-refractivity contribution is 5.82. The number of aromatic nitrogens is 5. The third kappa shape index (κ3) is 1.95. The number of fused-ring (bicyclic) bond motifs is 1. The van der Waals surface area contributed by atoms with Gasteiger partial charge in [0.05, 0.1) is 0 Å². The molecule has 6 nitrogen and oxygen atoms in total. The normalized spacial score (nSPS) is 24.1. The topological polar surface area (TPSA) is 59.7 Å². The number of rotatable bonds is 2. The zero-order chi connectivity index (χ0) is 13.4. The number of aryl methyl sites for hydroxylation is 1. The van der Waals surface area contributed by atoms with Gasteiger partial charge in [-0.3, -0.25) is 0 Å². The molecule has 0 amide bonds. The average molecular weight is 260 g/mol. The summed E-state index contributed by atoms with van der Waals surface area (Å²) in [4.78, 5) is 11.2. The Bertz CT molecular complexity index is 568. The summed E-state index contributed by atoms with van der Waals surface area (Å²) in [6.07, 6.45) is 5.32. The SMILES string of the molecule is CCn1nnc2c(N3[C@H](C)CCC[C@@H]3C)ncnc21. The number of nitrogens with zero attached hydrogens (tertiary/aromatic N) is 6. The highest BCUT2D eigenvalue weighted by atomic mass is 15.4. The average Bonchev–Trinajstić information content (AvgIpc) is 2.82. The van der Waals surface area contributed by atoms with Crippen LogP contribution in [0.2, 0.25) is 0 Å². The second kappa shape index (κ2) is 4.75. The van der Waals surface area contributed by atoms with Crippen molar-refractivity contribution in [3.63, 3.8) is 0 Å². The van der Waals surface area contributed by atoms with Crippen molar-refractivity contribution in [3.8, 4) is 0 Å². The van der Waals surface area contributed by atoms with Crippen LogP contribution >= 0.6 is 0 Å². The lowest BCUT2D eigenvalue weighted by Crippen LogP contribution is -2.44. The molecular weight excluding hydrogens is 240 g/mol. The van der Waals surface area contributed by atoms with Gasteiger partial charge in [-0.2, -0.15) is 0 Å². The highest BCUT2D eigenvalue weighted by Crippen LogP contribution is 2.30. The van der Waals surface area contributed by atoms with Gasteiger partial charge in [0.15, 0.2) is 17.0 Å². The van der Waals surface area contributed by atoms with Gasteiger partial charge in [-0.15, -0.1) is 5.10 Å². The van der Waals surface area contributed by atoms with Crippen LogP contribution in [0.1, 0.15) is 40.0 Å². The van der Waals surface area contributed by atoms with Gasteiger partial charge in [0.2, 0.25) is 0 Å². The van der Waals surface area contributed by atoms with Crippen molar-refractivity contribution < 1.29 is 0 Å². The Morgan fingerprint density at radius 2 is 1.95 bits per heavy atom. The largest absolute Gasteiger partial charge is 0.349 e. The van der Waals surface area contributed by atoms with Gasteiger partial charge < -0.3 is 4.90 Å². The molecule has 0 aromatic carbocycles. The molecule has 2 aromatic rings. The predicted molar refractivity (Wildman–Crippen MR) is 74.0 cm³/mol. The van der Waals surface area contributed by atoms with Gasteiger partial charge in [-0.05, 0) is 40.0 Å². The molecule has 0 spiro atoms. The maximum absolute atomic E-state index is 4.48. The molecule has 1 aliphatic heterocycles. The van der Waals surface area contributed by atoms with Crippen LogP contribution in [0.5, 0.6) is 0 Å². The molecule has 1 aliphatic rings. The zero-order valence-electron chi connectivity index (χ0n) is 11.7. The zero-order valence-corrected chi connectivity index (χ0v) is 11.7. The highest BCUT2D eigenvalue weighted by Gasteiger charge is 2.28. The Morgan fingerprint density at radius 3 is 2.63 bits per heavy atom. The molecule has 1 saturated heterocycles. The lowest BCUT2D eigenvalue weighted by atomic mass is 9.97. The first-order chi connectivity index (χ1) is 9.22. The summed E-state index contributed by atoms with van der Waals surface area (Å²) in [5.74, 6) is 0.935. The second-order valence-corrected chi connectivity index (χ2v) is 5.31. The van der Waals surface area contributed by atoms with E-state index < -0.39 is 0 Å². The van der Waals surface area contributed by atoms with E-state index in [0.29, 0.717) is 12.1 Å². The van der Waals surface area contributed by atoms with E-state index in [1.54, 1.807) is 6.33 Å². The monoisotopic (exact) mass is 260 g/mol. The van der Waals surface area contributed by atoms with Crippen molar-refractivity contribution >= 4 is 17.0 Å². The van der Waals surface area contributed by atoms with Gasteiger partial charge in [0, 0.05) is 18.6 Å². The third-order valence-corrected chi connectivity index (χ3v) is 4.02. The quantitative estimate of drug-likeness (QED) is 0.826. The van der Waals surface area contributed by atoms with Crippen LogP contribution in [-0.4, -0.2) is 37.0 Å². The molecule has 0 radical (unpaired) electrons. The molecule has 102 valence electrons. The van der Waals surface area contributed by atoms with E-state index in [1.807, 2.05) is 11.6 Å². The molecular formula is C13H20N6. The van der Waals surface area contributed by atoms with Crippen LogP contribution in [0.25, 0.3) is 11.2 Å². The Kier molecular flexibility index (Phi) is 3.08. The van der Waals surface area contributed by atoms with Crippen LogP contribution in [0.3, 0.4) is 0 Å². The fraction of sp³-hybridized carbons (Fsp3) is 0.692. The maximum Gasteiger partial charge on any atom is 0.183 e. The number of hydrogen-bond acceptors (Lipinski definition) is 5. The maximum atomic E-state index is 4.48. The smallest absolute Gasteiger partial charge is 0.183 e. The second-order valence-electron chi connectivity index (χ2n) is 5.31. The summed E-state index contributed by atoms with van der Waals surface area (Å²) in [5, 5.41) is 8.44. The van der Waals surface area contributed by atoms with E-state index in [1.165, 1.54) is 19.3 Å². The summed E-state index contributed by atoms with van der Waals surface area (Å²) in [5.41, 5.74) is 1.66. The summed E-state index contributed by atoms with van der Waals surface area (Å²) < 4.78 is 1.82. The summed E-state index contributed by atoms with van der Waals surface area (Å²) in [7, 11) is 0. The van der Waals surface area contributed by atoms with E-state index >= 15 is 0 Å². The Morgan fingerprint density at radius 1 is 1.21 bits per heavy atom. The third-order valence-electron chi connectivity index (χ3n) is 4.02. The van der Waals surface area contributed by atoms with Gasteiger partial charge in [0.25, 0.3) is 0 Å². The van der Waals surface area contributed by atoms with E-state index in [0.717, 1.165) is 23.5 Å². The first kappa shape index (κ1) is 12.3. The van der Waals surface area contributed by atoms with Crippen LogP contribution < -0.4 is 4.90 Å². The molecule has 0 bridgehead atoms. The predicted octanol–water partition coefficient (Wildman–Crippen LogP) is 2.01. The van der Waals surface area contributed by atoms with Gasteiger partial charge in [0.1, 0.15) is 6.33 Å². The van der Waals surface area contributed by atoms with Crippen LogP contribution in [0.4, 0.5) is 5.82 Å². The van der Waals surface area contributed by atoms with Gasteiger partial charge in [-0.1, -0.05) is 5.21 Å². The number of piperidine rings is 1. The minimum Gasteiger partial charge on any atom is -0.349 e. The standard InChI is InChI=1S/C13H20N6/c1-4-18-12-11(16-17-18)13(15-8-14-12)19-9(2)6-5-7-10(19)3/h8-10H,4-7H2,1-3H3/t9-,10+. The summed E-state index contributed by atoms with van der Waals surface area (Å²) in [6, 6.07) is 0.988. The number of anilines is 1. The molecule has 0 aliphatic carbocycles. The Labute approximate surface area is 112 Å². The molecule has 0 unspecified atom stereocenters. The van der Waals surface area contributed by atoms with Crippen molar-refractivity contribution in [2.45, 2.75) is 58.7 Å². The molecule has 2 aromatic heterocycles. The fourth-order valence-corrected chi connectivity index (χ4v) is 3.02. The fourth-order valence-electron chi connectivity index (χ4n) is 3.02. The Balaban J connectivity index is 2.11. The van der Waals surface area contributed by atoms with E-state index in [2.05, 4.69) is 39.0 Å². The molecule has 3 rings (SSSR count). The summed E-state index contributed by atoms with van der Waals surface area (Å²) in [6.45, 7) is 7.34. The lowest BCUT2D eigenvalue weighted by Gasteiger charge is -2.39. The van der Waals surface area contributed by atoms with Crippen molar-refractivity contribution in [2.24, 2.45) is 0 Å². The Hall–Kier alpha value is -1.72. The number of hydrogen-bond donors (Lipinski definition) is 0. The molecule has 19 heavy (non-hydrogen) atoms. The van der Waals surface area contributed by atoms with Crippen molar-refractivity contribution in [1.29, 1.82) is 0 Å². The van der Waals surface area contributed by atoms with Crippen molar-refractivity contribution in [2.75, 3.05) is 4.90 Å². The lowest BCUT2D eigenvalue weighted by molar-refractivity contribution is 0.412. The van der Waals surface area contributed by atoms with E-state index in [9.17, 15) is 0 Å². The van der Waals surface area contributed by atoms with Gasteiger partial charge in [-0.25, -0.2) is 14.6 Å². The molecule has 0 N–H and O–H groups in total. The minimum absolute atomic E-state index is 0.494. The van der Waals surface area contributed by atoms with Crippen molar-refractivity contribution in [1.82, 2.24) is 25.0 Å². The molecule has 6 heteroatoms. The van der Waals surface area contributed by atoms with E-state index in [-0.39, 0.29) is 0 Å². The van der Waals surface area contributed by atoms with Crippen LogP contribution in [0, 0.1) is 0 Å². The first-order valence-corrected chi connectivity index (χ1v) is 7.05. The minimum atomic E-state index is 0.494. The molecule has 3 heterocycles.